The van der Waals surface area contributed by atoms with Crippen LogP contribution in [-0.2, 0) is 16.0 Å². The molecule has 0 aliphatic heterocycles. The molecule has 0 bridgehead atoms. The van der Waals surface area contributed by atoms with Gasteiger partial charge in [0.1, 0.15) is 0 Å². The molecule has 112 valence electrons. The van der Waals surface area contributed by atoms with E-state index >= 15 is 0 Å². The van der Waals surface area contributed by atoms with E-state index in [0.29, 0.717) is 19.3 Å². The fourth-order valence-electron chi connectivity index (χ4n) is 2.79. The Labute approximate surface area is 115 Å². The molecule has 0 radical (unpaired) electrons. The highest BCUT2D eigenvalue weighted by Crippen LogP contribution is 2.39. The molecule has 2 atom stereocenters. The zero-order valence-electron chi connectivity index (χ0n) is 10.7. The number of hydrogen-bond donors (Lipinski definition) is 1. The second kappa shape index (κ2) is 5.37. The van der Waals surface area contributed by atoms with Crippen LogP contribution in [0.3, 0.4) is 0 Å². The number of nitrogens with two attached hydrogens (primary N) is 1. The fraction of sp³-hybridized carbons (Fsp3) is 0.538. The van der Waals surface area contributed by atoms with E-state index < -0.39 is 31.7 Å². The molecule has 0 spiro atoms. The highest BCUT2D eigenvalue weighted by Gasteiger charge is 2.42. The maximum atomic E-state index is 13.0. The van der Waals surface area contributed by atoms with Crippen molar-refractivity contribution in [2.75, 3.05) is 6.54 Å². The smallest absolute Gasteiger partial charge is 0.330 e. The molecular formula is C13H16F3NO2S. The molecule has 0 amide bonds. The first-order chi connectivity index (χ1) is 9.28. The van der Waals surface area contributed by atoms with Crippen molar-refractivity contribution in [3.63, 3.8) is 0 Å². The number of halogens is 3. The molecule has 1 aromatic rings. The van der Waals surface area contributed by atoms with E-state index in [9.17, 15) is 21.6 Å². The van der Waals surface area contributed by atoms with Gasteiger partial charge in [-0.3, -0.25) is 0 Å². The van der Waals surface area contributed by atoms with Crippen LogP contribution in [-0.4, -0.2) is 20.2 Å². The second-order valence-electron chi connectivity index (χ2n) is 5.00. The summed E-state index contributed by atoms with van der Waals surface area (Å²) in [5, 5.41) is -0.809. The van der Waals surface area contributed by atoms with Crippen LogP contribution in [0.15, 0.2) is 29.2 Å². The van der Waals surface area contributed by atoms with Gasteiger partial charge in [0.05, 0.1) is 15.7 Å². The standard InChI is InChI=1S/C13H16F3NO2S/c14-13(15,16)10-5-1-2-6-12(10)20(18,19)11-7-3-4-9(11)8-17/h1-2,5-6,9,11H,3-4,7-8,17H2. The van der Waals surface area contributed by atoms with Gasteiger partial charge in [-0.25, -0.2) is 8.42 Å². The first-order valence-corrected chi connectivity index (χ1v) is 7.93. The summed E-state index contributed by atoms with van der Waals surface area (Å²) in [5.74, 6) is -0.263. The van der Waals surface area contributed by atoms with Crippen LogP contribution in [0.2, 0.25) is 0 Å². The minimum atomic E-state index is -4.68. The number of benzene rings is 1. The van der Waals surface area contributed by atoms with Gasteiger partial charge in [-0.2, -0.15) is 13.2 Å². The maximum Gasteiger partial charge on any atom is 0.417 e. The Kier molecular flexibility index (Phi) is 4.11. The lowest BCUT2D eigenvalue weighted by Crippen LogP contribution is -2.31. The van der Waals surface area contributed by atoms with Crippen LogP contribution >= 0.6 is 0 Å². The third-order valence-electron chi connectivity index (χ3n) is 3.79. The van der Waals surface area contributed by atoms with Gasteiger partial charge < -0.3 is 5.73 Å². The molecule has 1 aliphatic carbocycles. The van der Waals surface area contributed by atoms with Crippen LogP contribution in [0.1, 0.15) is 24.8 Å². The van der Waals surface area contributed by atoms with E-state index in [2.05, 4.69) is 0 Å². The second-order valence-corrected chi connectivity index (χ2v) is 7.14. The molecule has 2 N–H and O–H groups in total. The molecule has 2 rings (SSSR count). The molecule has 1 aromatic carbocycles. The lowest BCUT2D eigenvalue weighted by Gasteiger charge is -2.21. The lowest BCUT2D eigenvalue weighted by molar-refractivity contribution is -0.139. The van der Waals surface area contributed by atoms with Gasteiger partial charge >= 0.3 is 6.18 Å². The molecule has 0 aromatic heterocycles. The molecule has 7 heteroatoms. The molecule has 20 heavy (non-hydrogen) atoms. The predicted octanol–water partition coefficient (Wildman–Crippen LogP) is 2.61. The average Bonchev–Trinajstić information content (AvgIpc) is 2.86. The third kappa shape index (κ3) is 2.69. The first kappa shape index (κ1) is 15.3. The predicted molar refractivity (Wildman–Crippen MR) is 68.8 cm³/mol. The minimum absolute atomic E-state index is 0.179. The zero-order chi connectivity index (χ0) is 15.0. The van der Waals surface area contributed by atoms with Crippen LogP contribution in [0.5, 0.6) is 0 Å². The van der Waals surface area contributed by atoms with E-state index in [-0.39, 0.29) is 12.5 Å². The summed E-state index contributed by atoms with van der Waals surface area (Å²) in [7, 11) is -4.01. The monoisotopic (exact) mass is 307 g/mol. The summed E-state index contributed by atoms with van der Waals surface area (Å²) >= 11 is 0. The van der Waals surface area contributed by atoms with Gasteiger partial charge in [0.15, 0.2) is 9.84 Å². The van der Waals surface area contributed by atoms with Crippen LogP contribution in [0.4, 0.5) is 13.2 Å². The molecule has 1 fully saturated rings. The molecular weight excluding hydrogens is 291 g/mol. The quantitative estimate of drug-likeness (QED) is 0.934. The van der Waals surface area contributed by atoms with Crippen molar-refractivity contribution >= 4 is 9.84 Å². The van der Waals surface area contributed by atoms with Gasteiger partial charge in [-0.05, 0) is 37.4 Å². The van der Waals surface area contributed by atoms with E-state index in [1.54, 1.807) is 0 Å². The highest BCUT2D eigenvalue weighted by molar-refractivity contribution is 7.92. The SMILES string of the molecule is NCC1CCCC1S(=O)(=O)c1ccccc1C(F)(F)F. The van der Waals surface area contributed by atoms with E-state index in [0.717, 1.165) is 12.1 Å². The van der Waals surface area contributed by atoms with Crippen LogP contribution in [0.25, 0.3) is 0 Å². The summed E-state index contributed by atoms with van der Waals surface area (Å²) in [6.45, 7) is 0.179. The van der Waals surface area contributed by atoms with Crippen molar-refractivity contribution in [1.29, 1.82) is 0 Å². The number of hydrogen-bond acceptors (Lipinski definition) is 3. The molecule has 2 unspecified atom stereocenters. The minimum Gasteiger partial charge on any atom is -0.330 e. The van der Waals surface area contributed by atoms with E-state index in [1.807, 2.05) is 0 Å². The Morgan fingerprint density at radius 3 is 2.45 bits per heavy atom. The third-order valence-corrected chi connectivity index (χ3v) is 6.18. The normalized spacial score (nSPS) is 24.0. The van der Waals surface area contributed by atoms with E-state index in [1.165, 1.54) is 12.1 Å². The topological polar surface area (TPSA) is 60.2 Å². The number of rotatable bonds is 3. The van der Waals surface area contributed by atoms with Crippen molar-refractivity contribution in [1.82, 2.24) is 0 Å². The van der Waals surface area contributed by atoms with Gasteiger partial charge in [-0.1, -0.05) is 18.6 Å². The van der Waals surface area contributed by atoms with Crippen molar-refractivity contribution in [2.45, 2.75) is 35.6 Å². The Morgan fingerprint density at radius 1 is 1.20 bits per heavy atom. The highest BCUT2D eigenvalue weighted by atomic mass is 32.2. The van der Waals surface area contributed by atoms with Crippen molar-refractivity contribution in [3.8, 4) is 0 Å². The lowest BCUT2D eigenvalue weighted by atomic mass is 10.1. The first-order valence-electron chi connectivity index (χ1n) is 6.38. The van der Waals surface area contributed by atoms with Crippen molar-refractivity contribution < 1.29 is 21.6 Å². The Hall–Kier alpha value is -1.08. The fourth-order valence-corrected chi connectivity index (χ4v) is 5.11. The summed E-state index contributed by atoms with van der Waals surface area (Å²) in [5.41, 5.74) is 4.44. The summed E-state index contributed by atoms with van der Waals surface area (Å²) < 4.78 is 63.9. The summed E-state index contributed by atoms with van der Waals surface area (Å²) in [6, 6.07) is 4.34. The summed E-state index contributed by atoms with van der Waals surface area (Å²) in [4.78, 5) is -0.627. The number of sulfone groups is 1. The van der Waals surface area contributed by atoms with Crippen LogP contribution in [0, 0.1) is 5.92 Å². The molecule has 0 saturated heterocycles. The van der Waals surface area contributed by atoms with Gasteiger partial charge in [0, 0.05) is 0 Å². The Bertz CT molecular complexity index is 584. The van der Waals surface area contributed by atoms with E-state index in [4.69, 9.17) is 5.73 Å². The van der Waals surface area contributed by atoms with Gasteiger partial charge in [-0.15, -0.1) is 0 Å². The van der Waals surface area contributed by atoms with Gasteiger partial charge in [0.2, 0.25) is 0 Å². The Morgan fingerprint density at radius 2 is 1.85 bits per heavy atom. The molecule has 0 heterocycles. The zero-order valence-corrected chi connectivity index (χ0v) is 11.5. The van der Waals surface area contributed by atoms with Gasteiger partial charge in [0.25, 0.3) is 0 Å². The molecule has 1 saturated carbocycles. The molecule has 1 aliphatic rings. The average molecular weight is 307 g/mol. The largest absolute Gasteiger partial charge is 0.417 e. The summed E-state index contributed by atoms with van der Waals surface area (Å²) in [6.07, 6.45) is -2.98. The van der Waals surface area contributed by atoms with Crippen LogP contribution < -0.4 is 5.73 Å². The molecule has 3 nitrogen and oxygen atoms in total. The van der Waals surface area contributed by atoms with Crippen molar-refractivity contribution in [2.24, 2.45) is 11.7 Å². The maximum absolute atomic E-state index is 13.0. The van der Waals surface area contributed by atoms with Crippen molar-refractivity contribution in [3.05, 3.63) is 29.8 Å². The Balaban J connectivity index is 2.50. The number of alkyl halides is 3.